The van der Waals surface area contributed by atoms with Crippen molar-refractivity contribution >= 4 is 22.6 Å². The van der Waals surface area contributed by atoms with Gasteiger partial charge in [0.2, 0.25) is 0 Å². The van der Waals surface area contributed by atoms with E-state index in [9.17, 15) is 0 Å². The second kappa shape index (κ2) is 8.03. The summed E-state index contributed by atoms with van der Waals surface area (Å²) in [6.07, 6.45) is 9.93. The summed E-state index contributed by atoms with van der Waals surface area (Å²) >= 11 is 2.21. The van der Waals surface area contributed by atoms with Gasteiger partial charge >= 0.3 is 0 Å². The molecule has 16 heavy (non-hydrogen) atoms. The predicted molar refractivity (Wildman–Crippen MR) is 75.3 cm³/mol. The molecule has 0 aliphatic heterocycles. The predicted octanol–water partition coefficient (Wildman–Crippen LogP) is 3.88. The molecule has 1 aromatic heterocycles. The highest BCUT2D eigenvalue weighted by atomic mass is 127. The second-order valence-corrected chi connectivity index (χ2v) is 5.52. The van der Waals surface area contributed by atoms with Gasteiger partial charge in [-0.3, -0.25) is 4.68 Å². The Morgan fingerprint density at radius 3 is 2.31 bits per heavy atom. The molecule has 0 aromatic carbocycles. The van der Waals surface area contributed by atoms with Gasteiger partial charge in [0.1, 0.15) is 3.70 Å². The minimum Gasteiger partial charge on any atom is -0.251 e. The van der Waals surface area contributed by atoms with Crippen LogP contribution in [-0.2, 0) is 6.54 Å². The van der Waals surface area contributed by atoms with E-state index in [1.54, 1.807) is 0 Å². The zero-order valence-electron chi connectivity index (χ0n) is 10.3. The number of hydrogen-bond donors (Lipinski definition) is 0. The second-order valence-electron chi connectivity index (χ2n) is 4.41. The van der Waals surface area contributed by atoms with E-state index in [0.29, 0.717) is 0 Å². The first-order chi connectivity index (χ1) is 7.76. The van der Waals surface area contributed by atoms with E-state index < -0.39 is 0 Å². The summed E-state index contributed by atoms with van der Waals surface area (Å²) in [6.45, 7) is 5.56. The molecule has 0 atom stereocenters. The Bertz CT molecular complexity index is 278. The van der Waals surface area contributed by atoms with Gasteiger partial charge in [-0.25, -0.2) is 0 Å². The van der Waals surface area contributed by atoms with Crippen molar-refractivity contribution in [3.05, 3.63) is 9.90 Å². The van der Waals surface area contributed by atoms with Gasteiger partial charge in [0.05, 0.1) is 6.20 Å². The molecule has 0 N–H and O–H groups in total. The van der Waals surface area contributed by atoms with Gasteiger partial charge in [-0.1, -0.05) is 44.7 Å². The fraction of sp³-hybridized carbons (Fsp3) is 0.833. The largest absolute Gasteiger partial charge is 0.251 e. The molecule has 4 heteroatoms. The van der Waals surface area contributed by atoms with E-state index in [4.69, 9.17) is 0 Å². The van der Waals surface area contributed by atoms with Gasteiger partial charge < -0.3 is 0 Å². The first kappa shape index (κ1) is 13.9. The van der Waals surface area contributed by atoms with Crippen LogP contribution in [0.4, 0.5) is 0 Å². The molecule has 1 heterocycles. The molecule has 1 rings (SSSR count). The normalized spacial score (nSPS) is 11.2. The maximum atomic E-state index is 4.13. The van der Waals surface area contributed by atoms with Crippen LogP contribution in [-0.4, -0.2) is 15.0 Å². The van der Waals surface area contributed by atoms with Gasteiger partial charge in [-0.15, -0.1) is 5.10 Å². The molecule has 0 bridgehead atoms. The molecule has 0 aliphatic carbocycles. The van der Waals surface area contributed by atoms with Crippen LogP contribution < -0.4 is 0 Å². The van der Waals surface area contributed by atoms with E-state index in [-0.39, 0.29) is 0 Å². The van der Waals surface area contributed by atoms with Gasteiger partial charge in [-0.05, 0) is 41.4 Å². The van der Waals surface area contributed by atoms with Gasteiger partial charge in [0.25, 0.3) is 0 Å². The summed E-state index contributed by atoms with van der Waals surface area (Å²) in [4.78, 5) is 0. The summed E-state index contributed by atoms with van der Waals surface area (Å²) in [7, 11) is 0. The molecule has 0 radical (unpaired) electrons. The van der Waals surface area contributed by atoms with Crippen LogP contribution in [0.2, 0.25) is 0 Å². The van der Waals surface area contributed by atoms with Gasteiger partial charge in [0.15, 0.2) is 0 Å². The average molecular weight is 335 g/mol. The number of halogens is 1. The molecule has 1 aromatic rings. The van der Waals surface area contributed by atoms with Gasteiger partial charge in [-0.2, -0.15) is 0 Å². The molecule has 0 fully saturated rings. The maximum absolute atomic E-state index is 4.13. The van der Waals surface area contributed by atoms with Crippen molar-refractivity contribution < 1.29 is 0 Å². The number of nitrogens with zero attached hydrogens (tertiary/aromatic N) is 3. The van der Waals surface area contributed by atoms with Crippen LogP contribution in [0.3, 0.4) is 0 Å². The quantitative estimate of drug-likeness (QED) is 0.675. The molecule has 0 saturated heterocycles. The number of aromatic nitrogens is 3. The van der Waals surface area contributed by atoms with Crippen LogP contribution in [0.1, 0.15) is 52.4 Å². The van der Waals surface area contributed by atoms with Crippen LogP contribution in [0.25, 0.3) is 0 Å². The van der Waals surface area contributed by atoms with Crippen molar-refractivity contribution in [2.24, 2.45) is 5.92 Å². The highest BCUT2D eigenvalue weighted by molar-refractivity contribution is 14.1. The van der Waals surface area contributed by atoms with Crippen molar-refractivity contribution in [2.45, 2.75) is 58.9 Å². The molecule has 3 nitrogen and oxygen atoms in total. The Balaban J connectivity index is 2.41. The van der Waals surface area contributed by atoms with Crippen molar-refractivity contribution in [3.63, 3.8) is 0 Å². The Hall–Kier alpha value is -0.130. The minimum atomic E-state index is 0.775. The lowest BCUT2D eigenvalue weighted by Gasteiger charge is -2.15. The summed E-state index contributed by atoms with van der Waals surface area (Å²) in [6, 6.07) is 0. The Labute approximate surface area is 112 Å². The highest BCUT2D eigenvalue weighted by Gasteiger charge is 2.09. The Morgan fingerprint density at radius 2 is 1.88 bits per heavy atom. The molecular formula is C12H22IN3. The molecular weight excluding hydrogens is 313 g/mol. The Kier molecular flexibility index (Phi) is 7.00. The highest BCUT2D eigenvalue weighted by Crippen LogP contribution is 2.18. The Morgan fingerprint density at radius 1 is 1.25 bits per heavy atom. The summed E-state index contributed by atoms with van der Waals surface area (Å²) in [5.74, 6) is 0.775. The zero-order chi connectivity index (χ0) is 11.8. The van der Waals surface area contributed by atoms with Crippen LogP contribution in [0.15, 0.2) is 6.20 Å². The SMILES string of the molecule is CCCCC(CCCC)Cn1cc(I)nn1. The number of unbranched alkanes of at least 4 members (excludes halogenated alkanes) is 2. The molecule has 0 spiro atoms. The lowest BCUT2D eigenvalue weighted by molar-refractivity contribution is 0.347. The topological polar surface area (TPSA) is 30.7 Å². The first-order valence-electron chi connectivity index (χ1n) is 6.31. The molecule has 0 amide bonds. The third kappa shape index (κ3) is 5.27. The molecule has 0 aliphatic rings. The van der Waals surface area contributed by atoms with Crippen molar-refractivity contribution in [1.82, 2.24) is 15.0 Å². The monoisotopic (exact) mass is 335 g/mol. The van der Waals surface area contributed by atoms with E-state index >= 15 is 0 Å². The smallest absolute Gasteiger partial charge is 0.143 e. The van der Waals surface area contributed by atoms with Crippen molar-refractivity contribution in [2.75, 3.05) is 0 Å². The van der Waals surface area contributed by atoms with Crippen molar-refractivity contribution in [1.29, 1.82) is 0 Å². The summed E-state index contributed by atoms with van der Waals surface area (Å²) in [5, 5.41) is 8.16. The molecule has 0 unspecified atom stereocenters. The zero-order valence-corrected chi connectivity index (χ0v) is 12.5. The number of rotatable bonds is 8. The number of hydrogen-bond acceptors (Lipinski definition) is 2. The van der Waals surface area contributed by atoms with E-state index in [2.05, 4.69) is 46.8 Å². The summed E-state index contributed by atoms with van der Waals surface area (Å²) < 4.78 is 2.99. The standard InChI is InChI=1S/C12H22IN3/c1-3-5-7-11(8-6-4-2)9-16-10-12(13)14-15-16/h10-11H,3-9H2,1-2H3. The third-order valence-corrected chi connectivity index (χ3v) is 3.38. The van der Waals surface area contributed by atoms with Gasteiger partial charge in [0, 0.05) is 6.54 Å². The van der Waals surface area contributed by atoms with Crippen LogP contribution >= 0.6 is 22.6 Å². The maximum Gasteiger partial charge on any atom is 0.143 e. The lowest BCUT2D eigenvalue weighted by Crippen LogP contribution is -2.11. The summed E-state index contributed by atoms with van der Waals surface area (Å²) in [5.41, 5.74) is 0. The van der Waals surface area contributed by atoms with E-state index in [1.165, 1.54) is 38.5 Å². The molecule has 92 valence electrons. The van der Waals surface area contributed by atoms with Crippen LogP contribution in [0.5, 0.6) is 0 Å². The van der Waals surface area contributed by atoms with Crippen molar-refractivity contribution in [3.8, 4) is 0 Å². The minimum absolute atomic E-state index is 0.775. The first-order valence-corrected chi connectivity index (χ1v) is 7.39. The lowest BCUT2D eigenvalue weighted by atomic mass is 9.96. The van der Waals surface area contributed by atoms with Crippen LogP contribution in [0, 0.1) is 9.62 Å². The van der Waals surface area contributed by atoms with E-state index in [1.807, 2.05) is 10.9 Å². The fourth-order valence-corrected chi connectivity index (χ4v) is 2.36. The molecule has 0 saturated carbocycles. The third-order valence-electron chi connectivity index (χ3n) is 2.89. The fourth-order valence-electron chi connectivity index (χ4n) is 1.94. The average Bonchev–Trinajstić information content (AvgIpc) is 2.68. The van der Waals surface area contributed by atoms with E-state index in [0.717, 1.165) is 16.2 Å².